The predicted molar refractivity (Wildman–Crippen MR) is 266 cm³/mol. The van der Waals surface area contributed by atoms with E-state index in [-0.39, 0.29) is 55.2 Å². The molecule has 63 heavy (non-hydrogen) atoms. The van der Waals surface area contributed by atoms with Gasteiger partial charge in [0.1, 0.15) is 12.2 Å². The number of hydrogen-bond donors (Lipinski definition) is 0. The van der Waals surface area contributed by atoms with Crippen LogP contribution in [0.5, 0.6) is 0 Å². The van der Waals surface area contributed by atoms with Gasteiger partial charge in [-0.15, -0.1) is 0 Å². The van der Waals surface area contributed by atoms with Gasteiger partial charge in [0.05, 0.1) is 13.2 Å². The van der Waals surface area contributed by atoms with Crippen LogP contribution in [0.2, 0.25) is 0 Å². The Kier molecular flexibility index (Phi) is 47.0. The molecule has 0 rings (SSSR count). The Balaban J connectivity index is 4.19. The zero-order chi connectivity index (χ0) is 46.3. The van der Waals surface area contributed by atoms with Crippen LogP contribution in [-0.2, 0) is 38.1 Å². The van der Waals surface area contributed by atoms with E-state index in [1.54, 1.807) is 0 Å². The van der Waals surface area contributed by atoms with Crippen molar-refractivity contribution in [3.8, 4) is 0 Å². The highest BCUT2D eigenvalue weighted by molar-refractivity contribution is 9.09. The van der Waals surface area contributed by atoms with Crippen molar-refractivity contribution in [2.75, 3.05) is 18.5 Å². The summed E-state index contributed by atoms with van der Waals surface area (Å²) in [4.78, 5) is 50.2. The number of carbonyl (C=O) groups excluding carboxylic acids is 4. The van der Waals surface area contributed by atoms with Gasteiger partial charge in [0.25, 0.3) is 0 Å². The van der Waals surface area contributed by atoms with Gasteiger partial charge in [-0.3, -0.25) is 19.2 Å². The van der Waals surface area contributed by atoms with Crippen molar-refractivity contribution in [3.63, 3.8) is 0 Å². The lowest BCUT2D eigenvalue weighted by atomic mass is 10.0. The average Bonchev–Trinajstić information content (AvgIpc) is 3.27. The molecule has 0 saturated carbocycles. The molecule has 0 fully saturated rings. The molecule has 0 unspecified atom stereocenters. The van der Waals surface area contributed by atoms with Gasteiger partial charge in [-0.05, 0) is 77.0 Å². The van der Waals surface area contributed by atoms with E-state index in [0.717, 1.165) is 103 Å². The topological polar surface area (TPSA) is 105 Å². The Hall–Kier alpha value is -1.64. The standard InChI is InChI=1S/C54H101BrO8/c1-5-9-13-17-21-29-37-49(38-30-22-18-14-10-6-2)62-53(58)43-35-27-25-33-41-51(56)60-46-48(45-55)47-61-52(57)42-34-26-28-36-44-54(59)63-50(39-31-23-19-15-11-7-3)40-32-24-20-16-12-8-4/h48-50H,5-47H2,1-4H3. The summed E-state index contributed by atoms with van der Waals surface area (Å²) in [6.45, 7) is 9.38. The first-order chi connectivity index (χ1) is 30.8. The second-order valence-corrected chi connectivity index (χ2v) is 19.3. The fourth-order valence-electron chi connectivity index (χ4n) is 8.11. The van der Waals surface area contributed by atoms with Gasteiger partial charge in [0.15, 0.2) is 0 Å². The Morgan fingerprint density at radius 1 is 0.333 bits per heavy atom. The van der Waals surface area contributed by atoms with Gasteiger partial charge in [-0.25, -0.2) is 0 Å². The summed E-state index contributed by atoms with van der Waals surface area (Å²) < 4.78 is 23.0. The summed E-state index contributed by atoms with van der Waals surface area (Å²) in [5, 5.41) is 0.567. The minimum atomic E-state index is -0.242. The maximum absolute atomic E-state index is 12.7. The molecule has 0 aliphatic heterocycles. The Labute approximate surface area is 397 Å². The third kappa shape index (κ3) is 44.0. The van der Waals surface area contributed by atoms with Crippen LogP contribution in [-0.4, -0.2) is 54.6 Å². The molecule has 372 valence electrons. The van der Waals surface area contributed by atoms with Gasteiger partial charge in [0, 0.05) is 36.9 Å². The third-order valence-corrected chi connectivity index (χ3v) is 13.2. The molecule has 0 aromatic rings. The van der Waals surface area contributed by atoms with E-state index in [1.165, 1.54) is 128 Å². The highest BCUT2D eigenvalue weighted by Crippen LogP contribution is 2.20. The van der Waals surface area contributed by atoms with Crippen LogP contribution in [0.3, 0.4) is 0 Å². The molecule has 0 N–H and O–H groups in total. The van der Waals surface area contributed by atoms with Crippen molar-refractivity contribution in [2.24, 2.45) is 5.92 Å². The minimum absolute atomic E-state index is 0.0497. The molecule has 0 bridgehead atoms. The van der Waals surface area contributed by atoms with Crippen molar-refractivity contribution in [3.05, 3.63) is 0 Å². The molecule has 0 radical (unpaired) electrons. The number of carbonyl (C=O) groups is 4. The van der Waals surface area contributed by atoms with Gasteiger partial charge >= 0.3 is 23.9 Å². The third-order valence-electron chi connectivity index (χ3n) is 12.3. The smallest absolute Gasteiger partial charge is 0.306 e. The predicted octanol–water partition coefficient (Wildman–Crippen LogP) is 16.6. The summed E-state index contributed by atoms with van der Waals surface area (Å²) in [7, 11) is 0. The molecular weight excluding hydrogens is 856 g/mol. The van der Waals surface area contributed by atoms with Gasteiger partial charge in [0.2, 0.25) is 0 Å². The zero-order valence-electron chi connectivity index (χ0n) is 41.8. The lowest BCUT2D eigenvalue weighted by Crippen LogP contribution is -2.22. The Bertz CT molecular complexity index is 927. The lowest BCUT2D eigenvalue weighted by Gasteiger charge is -2.18. The highest BCUT2D eigenvalue weighted by Gasteiger charge is 2.17. The van der Waals surface area contributed by atoms with Gasteiger partial charge < -0.3 is 18.9 Å². The molecule has 0 aliphatic rings. The van der Waals surface area contributed by atoms with Crippen molar-refractivity contribution in [2.45, 2.75) is 297 Å². The van der Waals surface area contributed by atoms with Crippen LogP contribution in [0.1, 0.15) is 285 Å². The number of rotatable bonds is 49. The monoisotopic (exact) mass is 957 g/mol. The van der Waals surface area contributed by atoms with E-state index in [0.29, 0.717) is 31.0 Å². The summed E-state index contributed by atoms with van der Waals surface area (Å²) in [5.74, 6) is -0.741. The largest absolute Gasteiger partial charge is 0.465 e. The summed E-state index contributed by atoms with van der Waals surface area (Å²) in [6.07, 6.45) is 42.0. The summed E-state index contributed by atoms with van der Waals surface area (Å²) in [5.41, 5.74) is 0. The minimum Gasteiger partial charge on any atom is -0.465 e. The molecule has 0 atom stereocenters. The maximum Gasteiger partial charge on any atom is 0.306 e. The average molecular weight is 958 g/mol. The number of unbranched alkanes of at least 4 members (excludes halogenated alkanes) is 26. The Morgan fingerprint density at radius 2 is 0.571 bits per heavy atom. The second kappa shape index (κ2) is 48.3. The molecule has 0 spiro atoms. The normalized spacial score (nSPS) is 11.5. The first kappa shape index (κ1) is 61.4. The van der Waals surface area contributed by atoms with Crippen LogP contribution in [0.25, 0.3) is 0 Å². The molecule has 0 aliphatic carbocycles. The van der Waals surface area contributed by atoms with Crippen molar-refractivity contribution < 1.29 is 38.1 Å². The molecule has 0 saturated heterocycles. The number of esters is 4. The van der Waals surface area contributed by atoms with Crippen LogP contribution < -0.4 is 0 Å². The van der Waals surface area contributed by atoms with E-state index in [1.807, 2.05) is 0 Å². The van der Waals surface area contributed by atoms with Crippen molar-refractivity contribution in [1.82, 2.24) is 0 Å². The SMILES string of the molecule is CCCCCCCCC(CCCCCCCC)OC(=O)CCCCCCC(=O)OCC(CBr)COC(=O)CCCCCCC(=O)OC(CCCCCCCC)CCCCCCCC. The number of hydrogen-bond acceptors (Lipinski definition) is 8. The van der Waals surface area contributed by atoms with Crippen molar-refractivity contribution >= 4 is 39.8 Å². The first-order valence-electron chi connectivity index (χ1n) is 27.0. The summed E-state index contributed by atoms with van der Waals surface area (Å²) >= 11 is 3.47. The fraction of sp³-hybridized carbons (Fsp3) is 0.926. The number of halogens is 1. The molecule has 0 heterocycles. The molecule has 0 aromatic heterocycles. The lowest BCUT2D eigenvalue weighted by molar-refractivity contribution is -0.151. The molecular formula is C54H101BrO8. The first-order valence-corrected chi connectivity index (χ1v) is 28.2. The maximum atomic E-state index is 12.7. The zero-order valence-corrected chi connectivity index (χ0v) is 43.4. The number of alkyl halides is 1. The molecule has 0 aromatic carbocycles. The fourth-order valence-corrected chi connectivity index (χ4v) is 8.48. The summed E-state index contributed by atoms with van der Waals surface area (Å²) in [6, 6.07) is 0. The van der Waals surface area contributed by atoms with Crippen LogP contribution in [0.4, 0.5) is 0 Å². The molecule has 8 nitrogen and oxygen atoms in total. The van der Waals surface area contributed by atoms with E-state index in [9.17, 15) is 19.2 Å². The van der Waals surface area contributed by atoms with E-state index < -0.39 is 0 Å². The van der Waals surface area contributed by atoms with Gasteiger partial charge in [-0.2, -0.15) is 0 Å². The van der Waals surface area contributed by atoms with E-state index >= 15 is 0 Å². The van der Waals surface area contributed by atoms with Crippen molar-refractivity contribution in [1.29, 1.82) is 0 Å². The highest BCUT2D eigenvalue weighted by atomic mass is 79.9. The Morgan fingerprint density at radius 3 is 0.841 bits per heavy atom. The van der Waals surface area contributed by atoms with Crippen LogP contribution in [0, 0.1) is 5.92 Å². The second-order valence-electron chi connectivity index (χ2n) is 18.7. The van der Waals surface area contributed by atoms with Crippen LogP contribution in [0.15, 0.2) is 0 Å². The molecule has 9 heteroatoms. The van der Waals surface area contributed by atoms with E-state index in [4.69, 9.17) is 18.9 Å². The van der Waals surface area contributed by atoms with Gasteiger partial charge in [-0.1, -0.05) is 198 Å². The molecule has 0 amide bonds. The number of ether oxygens (including phenoxy) is 4. The quantitative estimate of drug-likeness (QED) is 0.0257. The van der Waals surface area contributed by atoms with E-state index in [2.05, 4.69) is 43.6 Å². The van der Waals surface area contributed by atoms with Crippen LogP contribution >= 0.6 is 15.9 Å².